The van der Waals surface area contributed by atoms with E-state index in [2.05, 4.69) is 22.2 Å². The molecule has 0 aromatic rings. The lowest BCUT2D eigenvalue weighted by Crippen LogP contribution is -2.37. The smallest absolute Gasteiger partial charge is 0.211 e. The van der Waals surface area contributed by atoms with Crippen molar-refractivity contribution in [2.75, 3.05) is 25.4 Å². The van der Waals surface area contributed by atoms with Crippen molar-refractivity contribution in [1.82, 2.24) is 10.0 Å². The minimum atomic E-state index is -3.08. The van der Waals surface area contributed by atoms with Gasteiger partial charge >= 0.3 is 0 Å². The monoisotopic (exact) mass is 272 g/mol. The van der Waals surface area contributed by atoms with E-state index >= 15 is 0 Å². The first-order valence-electron chi connectivity index (χ1n) is 6.99. The molecule has 0 radical (unpaired) electrons. The lowest BCUT2D eigenvalue weighted by atomic mass is 9.95. The third kappa shape index (κ3) is 4.71. The van der Waals surface area contributed by atoms with Gasteiger partial charge in [0, 0.05) is 6.54 Å². The number of allylic oxidation sites excluding steroid dienone is 2. The highest BCUT2D eigenvalue weighted by atomic mass is 32.2. The Morgan fingerprint density at radius 1 is 1.11 bits per heavy atom. The van der Waals surface area contributed by atoms with Gasteiger partial charge in [0.25, 0.3) is 0 Å². The maximum atomic E-state index is 12.0. The molecule has 0 amide bonds. The van der Waals surface area contributed by atoms with Crippen LogP contribution in [0.4, 0.5) is 0 Å². The largest absolute Gasteiger partial charge is 0.317 e. The van der Waals surface area contributed by atoms with Crippen LogP contribution in [0, 0.1) is 11.8 Å². The highest BCUT2D eigenvalue weighted by molar-refractivity contribution is 7.89. The zero-order valence-electron chi connectivity index (χ0n) is 10.9. The highest BCUT2D eigenvalue weighted by Crippen LogP contribution is 2.18. The fraction of sp³-hybridized carbons (Fsp3) is 0.846. The molecule has 18 heavy (non-hydrogen) atoms. The van der Waals surface area contributed by atoms with E-state index < -0.39 is 10.0 Å². The zero-order chi connectivity index (χ0) is 12.8. The molecule has 104 valence electrons. The molecule has 2 N–H and O–H groups in total. The van der Waals surface area contributed by atoms with Crippen LogP contribution in [-0.4, -0.2) is 33.8 Å². The van der Waals surface area contributed by atoms with E-state index in [1.165, 1.54) is 0 Å². The molecule has 0 spiro atoms. The standard InChI is InChI=1S/C13H24N2O2S/c16-18(17,11-13-6-8-14-9-7-13)15-10-12-4-2-1-3-5-12/h1-2,12-15H,3-11H2. The Labute approximate surface area is 110 Å². The number of hydrogen-bond donors (Lipinski definition) is 2. The van der Waals surface area contributed by atoms with Crippen molar-refractivity contribution in [2.24, 2.45) is 11.8 Å². The molecule has 1 atom stereocenters. The minimum Gasteiger partial charge on any atom is -0.317 e. The molecule has 0 aromatic heterocycles. The SMILES string of the molecule is O=S(=O)(CC1CCNCC1)NCC1CC=CCC1. The van der Waals surface area contributed by atoms with Gasteiger partial charge in [-0.25, -0.2) is 13.1 Å². The topological polar surface area (TPSA) is 58.2 Å². The molecule has 1 unspecified atom stereocenters. The second-order valence-electron chi connectivity index (χ2n) is 5.47. The summed E-state index contributed by atoms with van der Waals surface area (Å²) in [5.41, 5.74) is 0. The summed E-state index contributed by atoms with van der Waals surface area (Å²) in [4.78, 5) is 0. The van der Waals surface area contributed by atoms with Crippen LogP contribution in [0.15, 0.2) is 12.2 Å². The van der Waals surface area contributed by atoms with E-state index in [-0.39, 0.29) is 0 Å². The Morgan fingerprint density at radius 2 is 1.89 bits per heavy atom. The van der Waals surface area contributed by atoms with Crippen molar-refractivity contribution in [3.8, 4) is 0 Å². The summed E-state index contributed by atoms with van der Waals surface area (Å²) in [7, 11) is -3.08. The molecule has 1 aliphatic carbocycles. The molecule has 1 fully saturated rings. The van der Waals surface area contributed by atoms with Crippen molar-refractivity contribution in [3.05, 3.63) is 12.2 Å². The second kappa shape index (κ2) is 6.68. The van der Waals surface area contributed by atoms with Crippen LogP contribution in [0.1, 0.15) is 32.1 Å². The van der Waals surface area contributed by atoms with E-state index in [0.717, 1.165) is 45.2 Å². The van der Waals surface area contributed by atoms with Gasteiger partial charge in [0.2, 0.25) is 10.0 Å². The highest BCUT2D eigenvalue weighted by Gasteiger charge is 2.22. The van der Waals surface area contributed by atoms with Crippen LogP contribution < -0.4 is 10.0 Å². The summed E-state index contributed by atoms with van der Waals surface area (Å²) in [6.45, 7) is 2.51. The van der Waals surface area contributed by atoms with E-state index in [0.29, 0.717) is 24.1 Å². The van der Waals surface area contributed by atoms with Crippen LogP contribution in [0.5, 0.6) is 0 Å². The van der Waals surface area contributed by atoms with Crippen LogP contribution in [0.2, 0.25) is 0 Å². The molecular weight excluding hydrogens is 248 g/mol. The maximum Gasteiger partial charge on any atom is 0.211 e. The molecule has 4 nitrogen and oxygen atoms in total. The summed E-state index contributed by atoms with van der Waals surface area (Å²) in [6.07, 6.45) is 9.50. The van der Waals surface area contributed by atoms with Gasteiger partial charge in [0.15, 0.2) is 0 Å². The van der Waals surface area contributed by atoms with Crippen LogP contribution in [0.25, 0.3) is 0 Å². The third-order valence-electron chi connectivity index (χ3n) is 3.88. The normalized spacial score (nSPS) is 26.3. The Morgan fingerprint density at radius 3 is 2.56 bits per heavy atom. The van der Waals surface area contributed by atoms with Crippen LogP contribution >= 0.6 is 0 Å². The summed E-state index contributed by atoms with van der Waals surface area (Å²) >= 11 is 0. The average Bonchev–Trinajstić information content (AvgIpc) is 2.38. The Bertz CT molecular complexity index is 372. The summed E-state index contributed by atoms with van der Waals surface area (Å²) < 4.78 is 26.8. The van der Waals surface area contributed by atoms with Gasteiger partial charge in [-0.05, 0) is 57.0 Å². The van der Waals surface area contributed by atoms with Gasteiger partial charge in [-0.3, -0.25) is 0 Å². The molecule has 1 saturated heterocycles. The first-order chi connectivity index (χ1) is 8.66. The van der Waals surface area contributed by atoms with Gasteiger partial charge in [-0.1, -0.05) is 12.2 Å². The Hall–Kier alpha value is -0.390. The van der Waals surface area contributed by atoms with Crippen molar-refractivity contribution < 1.29 is 8.42 Å². The van der Waals surface area contributed by atoms with Crippen LogP contribution in [0.3, 0.4) is 0 Å². The van der Waals surface area contributed by atoms with Crippen molar-refractivity contribution >= 4 is 10.0 Å². The Kier molecular flexibility index (Phi) is 5.21. The van der Waals surface area contributed by atoms with E-state index in [4.69, 9.17) is 0 Å². The zero-order valence-corrected chi connectivity index (χ0v) is 11.7. The molecule has 1 heterocycles. The number of piperidine rings is 1. The summed E-state index contributed by atoms with van der Waals surface area (Å²) in [6, 6.07) is 0. The molecular formula is C13H24N2O2S. The fourth-order valence-electron chi connectivity index (χ4n) is 2.70. The van der Waals surface area contributed by atoms with Gasteiger partial charge in [0.05, 0.1) is 5.75 Å². The molecule has 5 heteroatoms. The number of nitrogens with one attached hydrogen (secondary N) is 2. The number of hydrogen-bond acceptors (Lipinski definition) is 3. The number of sulfonamides is 1. The minimum absolute atomic E-state index is 0.303. The number of rotatable bonds is 5. The first kappa shape index (κ1) is 14.0. The molecule has 0 bridgehead atoms. The predicted molar refractivity (Wildman–Crippen MR) is 73.9 cm³/mol. The lowest BCUT2D eigenvalue weighted by Gasteiger charge is -2.23. The molecule has 0 saturated carbocycles. The quantitative estimate of drug-likeness (QED) is 0.741. The maximum absolute atomic E-state index is 12.0. The van der Waals surface area contributed by atoms with Gasteiger partial charge < -0.3 is 5.32 Å². The molecule has 0 aromatic carbocycles. The second-order valence-corrected chi connectivity index (χ2v) is 7.33. The third-order valence-corrected chi connectivity index (χ3v) is 5.40. The fourth-order valence-corrected chi connectivity index (χ4v) is 4.27. The Balaban J connectivity index is 1.74. The van der Waals surface area contributed by atoms with Crippen LogP contribution in [-0.2, 0) is 10.0 Å². The summed E-state index contributed by atoms with van der Waals surface area (Å²) in [5, 5.41) is 3.26. The van der Waals surface area contributed by atoms with Gasteiger partial charge in [-0.15, -0.1) is 0 Å². The van der Waals surface area contributed by atoms with Crippen molar-refractivity contribution in [2.45, 2.75) is 32.1 Å². The van der Waals surface area contributed by atoms with E-state index in [1.807, 2.05) is 0 Å². The lowest BCUT2D eigenvalue weighted by molar-refractivity contribution is 0.398. The van der Waals surface area contributed by atoms with E-state index in [1.54, 1.807) is 0 Å². The average molecular weight is 272 g/mol. The molecule has 1 aliphatic heterocycles. The van der Waals surface area contributed by atoms with E-state index in [9.17, 15) is 8.42 Å². The first-order valence-corrected chi connectivity index (χ1v) is 8.64. The molecule has 2 rings (SSSR count). The van der Waals surface area contributed by atoms with Gasteiger partial charge in [0.1, 0.15) is 0 Å². The van der Waals surface area contributed by atoms with Gasteiger partial charge in [-0.2, -0.15) is 0 Å². The van der Waals surface area contributed by atoms with Crippen molar-refractivity contribution in [1.29, 1.82) is 0 Å². The summed E-state index contributed by atoms with van der Waals surface area (Å²) in [5.74, 6) is 1.12. The van der Waals surface area contributed by atoms with Crippen molar-refractivity contribution in [3.63, 3.8) is 0 Å². The predicted octanol–water partition coefficient (Wildman–Crippen LogP) is 1.26. The molecule has 2 aliphatic rings.